The fourth-order valence-corrected chi connectivity index (χ4v) is 1.22. The first-order chi connectivity index (χ1) is 6.42. The van der Waals surface area contributed by atoms with E-state index in [0.717, 1.165) is 11.3 Å². The second kappa shape index (κ2) is 3.82. The Balaban J connectivity index is 2.52. The van der Waals surface area contributed by atoms with Gasteiger partial charge in [0, 0.05) is 0 Å². The molecule has 2 N–H and O–H groups in total. The van der Waals surface area contributed by atoms with Gasteiger partial charge < -0.3 is 10.4 Å². The van der Waals surface area contributed by atoms with E-state index in [9.17, 15) is 13.6 Å². The van der Waals surface area contributed by atoms with Gasteiger partial charge in [-0.25, -0.2) is 4.79 Å². The van der Waals surface area contributed by atoms with Crippen molar-refractivity contribution in [3.05, 3.63) is 5.01 Å². The highest BCUT2D eigenvalue weighted by Gasteiger charge is 2.38. The minimum absolute atomic E-state index is 0.184. The fourth-order valence-electron chi connectivity index (χ4n) is 0.630. The van der Waals surface area contributed by atoms with E-state index in [4.69, 9.17) is 5.11 Å². The van der Waals surface area contributed by atoms with Gasteiger partial charge >= 0.3 is 11.9 Å². The van der Waals surface area contributed by atoms with Crippen LogP contribution >= 0.6 is 11.3 Å². The first-order valence-corrected chi connectivity index (χ1v) is 4.38. The molecule has 0 atom stereocenters. The maximum Gasteiger partial charge on any atom is 0.376 e. The molecule has 0 fully saturated rings. The van der Waals surface area contributed by atoms with Crippen molar-refractivity contribution in [2.45, 2.75) is 12.8 Å². The van der Waals surface area contributed by atoms with E-state index < -0.39 is 18.4 Å². The predicted molar refractivity (Wildman–Crippen MR) is 45.7 cm³/mol. The van der Waals surface area contributed by atoms with Crippen LogP contribution in [0.1, 0.15) is 5.01 Å². The predicted octanol–water partition coefficient (Wildman–Crippen LogP) is 0.978. The number of nitrogens with zero attached hydrogens (tertiary/aromatic N) is 2. The summed E-state index contributed by atoms with van der Waals surface area (Å²) in [5.41, 5.74) is 0. The third kappa shape index (κ3) is 2.59. The van der Waals surface area contributed by atoms with Gasteiger partial charge in [0.05, 0.1) is 6.54 Å². The van der Waals surface area contributed by atoms with Gasteiger partial charge in [-0.15, -0.1) is 10.2 Å². The summed E-state index contributed by atoms with van der Waals surface area (Å²) in [4.78, 5) is 10.0. The summed E-state index contributed by atoms with van der Waals surface area (Å²) in [5, 5.41) is 18.2. The molecule has 1 rings (SSSR count). The number of nitrogens with one attached hydrogen (secondary N) is 1. The summed E-state index contributed by atoms with van der Waals surface area (Å²) < 4.78 is 25.1. The summed E-state index contributed by atoms with van der Waals surface area (Å²) >= 11 is 1.08. The van der Waals surface area contributed by atoms with Crippen LogP contribution in [0.5, 0.6) is 0 Å². The number of aromatic nitrogens is 2. The summed E-state index contributed by atoms with van der Waals surface area (Å²) in [6.07, 6.45) is 0. The Labute approximate surface area is 81.8 Å². The molecule has 0 aliphatic heterocycles. The van der Waals surface area contributed by atoms with Crippen LogP contribution in [0.15, 0.2) is 0 Å². The lowest BCUT2D eigenvalue weighted by atomic mass is 10.3. The third-order valence-corrected chi connectivity index (χ3v) is 2.10. The topological polar surface area (TPSA) is 75.1 Å². The van der Waals surface area contributed by atoms with Crippen LogP contribution in [0.4, 0.5) is 13.9 Å². The standard InChI is InChI=1S/C6H7F2N3O2S/c1-3-10-11-5(14-3)9-2-6(7,8)4(12)13/h2H2,1H3,(H,9,11)(H,12,13). The third-order valence-electron chi connectivity index (χ3n) is 1.30. The van der Waals surface area contributed by atoms with Gasteiger partial charge in [0.25, 0.3) is 0 Å². The molecule has 1 aromatic rings. The molecule has 0 aliphatic rings. The number of aryl methyl sites for hydroxylation is 1. The van der Waals surface area contributed by atoms with E-state index in [1.54, 1.807) is 6.92 Å². The molecule has 0 radical (unpaired) electrons. The van der Waals surface area contributed by atoms with Crippen LogP contribution in [0.25, 0.3) is 0 Å². The van der Waals surface area contributed by atoms with E-state index in [1.807, 2.05) is 0 Å². The molecule has 0 spiro atoms. The zero-order valence-electron chi connectivity index (χ0n) is 7.12. The van der Waals surface area contributed by atoms with Gasteiger partial charge in [-0.2, -0.15) is 8.78 Å². The SMILES string of the molecule is Cc1nnc(NCC(F)(F)C(=O)O)s1. The number of carbonyl (C=O) groups is 1. The lowest BCUT2D eigenvalue weighted by molar-refractivity contribution is -0.162. The number of alkyl halides is 2. The minimum Gasteiger partial charge on any atom is -0.477 e. The number of hydrogen-bond acceptors (Lipinski definition) is 5. The van der Waals surface area contributed by atoms with Gasteiger partial charge in [0.2, 0.25) is 5.13 Å². The highest BCUT2D eigenvalue weighted by atomic mass is 32.1. The molecular weight excluding hydrogens is 216 g/mol. The zero-order chi connectivity index (χ0) is 10.8. The number of carboxylic acids is 1. The Bertz CT molecular complexity index is 342. The molecule has 5 nitrogen and oxygen atoms in total. The van der Waals surface area contributed by atoms with Crippen LogP contribution in [0.2, 0.25) is 0 Å². The van der Waals surface area contributed by atoms with Gasteiger partial charge in [-0.3, -0.25) is 0 Å². The largest absolute Gasteiger partial charge is 0.477 e. The van der Waals surface area contributed by atoms with Crippen LogP contribution in [0, 0.1) is 6.92 Å². The molecule has 0 unspecified atom stereocenters. The molecule has 0 saturated heterocycles. The second-order valence-corrected chi connectivity index (χ2v) is 3.67. The molecule has 1 heterocycles. The van der Waals surface area contributed by atoms with Crippen molar-refractivity contribution in [3.63, 3.8) is 0 Å². The van der Waals surface area contributed by atoms with Gasteiger partial charge in [-0.1, -0.05) is 11.3 Å². The maximum absolute atomic E-state index is 12.5. The monoisotopic (exact) mass is 223 g/mol. The molecule has 0 aliphatic carbocycles. The summed E-state index contributed by atoms with van der Waals surface area (Å²) in [6.45, 7) is 0.676. The first-order valence-electron chi connectivity index (χ1n) is 3.57. The van der Waals surface area contributed by atoms with E-state index in [2.05, 4.69) is 15.5 Å². The highest BCUT2D eigenvalue weighted by molar-refractivity contribution is 7.15. The van der Waals surface area contributed by atoms with Crippen LogP contribution in [0.3, 0.4) is 0 Å². The Morgan fingerprint density at radius 3 is 2.71 bits per heavy atom. The Hall–Kier alpha value is -1.31. The average molecular weight is 223 g/mol. The summed E-state index contributed by atoms with van der Waals surface area (Å²) in [5.74, 6) is -5.95. The molecule has 0 amide bonds. The smallest absolute Gasteiger partial charge is 0.376 e. The number of carboxylic acid groups (broad SMARTS) is 1. The molecule has 78 valence electrons. The number of hydrogen-bond donors (Lipinski definition) is 2. The molecule has 0 saturated carbocycles. The minimum atomic E-state index is -3.79. The van der Waals surface area contributed by atoms with E-state index in [-0.39, 0.29) is 5.13 Å². The van der Waals surface area contributed by atoms with E-state index >= 15 is 0 Å². The van der Waals surface area contributed by atoms with Crippen molar-refractivity contribution in [2.24, 2.45) is 0 Å². The Morgan fingerprint density at radius 1 is 1.64 bits per heavy atom. The first kappa shape index (κ1) is 10.8. The van der Waals surface area contributed by atoms with Crippen molar-refractivity contribution < 1.29 is 18.7 Å². The van der Waals surface area contributed by atoms with Crippen molar-refractivity contribution in [3.8, 4) is 0 Å². The molecule has 1 aromatic heterocycles. The Morgan fingerprint density at radius 2 is 2.29 bits per heavy atom. The number of anilines is 1. The van der Waals surface area contributed by atoms with Crippen molar-refractivity contribution in [2.75, 3.05) is 11.9 Å². The lowest BCUT2D eigenvalue weighted by Gasteiger charge is -2.10. The van der Waals surface area contributed by atoms with E-state index in [0.29, 0.717) is 5.01 Å². The Kier molecular flexibility index (Phi) is 2.94. The van der Waals surface area contributed by atoms with Crippen molar-refractivity contribution >= 4 is 22.4 Å². The molecule has 14 heavy (non-hydrogen) atoms. The molecule has 0 bridgehead atoms. The number of halogens is 2. The lowest BCUT2D eigenvalue weighted by Crippen LogP contribution is -2.36. The van der Waals surface area contributed by atoms with Gasteiger partial charge in [0.15, 0.2) is 0 Å². The van der Waals surface area contributed by atoms with Crippen LogP contribution in [-0.4, -0.2) is 33.7 Å². The average Bonchev–Trinajstić information content (AvgIpc) is 2.48. The van der Waals surface area contributed by atoms with Gasteiger partial charge in [0.1, 0.15) is 5.01 Å². The quantitative estimate of drug-likeness (QED) is 0.795. The fraction of sp³-hybridized carbons (Fsp3) is 0.500. The normalized spacial score (nSPS) is 11.4. The molecule has 8 heteroatoms. The van der Waals surface area contributed by atoms with E-state index in [1.165, 1.54) is 0 Å². The van der Waals surface area contributed by atoms with Crippen molar-refractivity contribution in [1.82, 2.24) is 10.2 Å². The van der Waals surface area contributed by atoms with Gasteiger partial charge in [-0.05, 0) is 6.92 Å². The zero-order valence-corrected chi connectivity index (χ0v) is 7.94. The summed E-state index contributed by atoms with van der Waals surface area (Å²) in [7, 11) is 0. The highest BCUT2D eigenvalue weighted by Crippen LogP contribution is 2.18. The van der Waals surface area contributed by atoms with Crippen LogP contribution in [-0.2, 0) is 4.79 Å². The second-order valence-electron chi connectivity index (χ2n) is 2.49. The number of rotatable bonds is 4. The molecule has 0 aromatic carbocycles. The maximum atomic E-state index is 12.5. The van der Waals surface area contributed by atoms with Crippen LogP contribution < -0.4 is 5.32 Å². The number of aliphatic carboxylic acids is 1. The summed E-state index contributed by atoms with van der Waals surface area (Å²) in [6, 6.07) is 0. The van der Waals surface area contributed by atoms with Crippen molar-refractivity contribution in [1.29, 1.82) is 0 Å². The molecular formula is C6H7F2N3O2S.